The number of nitrogens with one attached hydrogen (secondary N) is 1. The van der Waals surface area contributed by atoms with Crippen LogP contribution in [-0.2, 0) is 0 Å². The lowest BCUT2D eigenvalue weighted by Crippen LogP contribution is -2.21. The van der Waals surface area contributed by atoms with Gasteiger partial charge in [0.25, 0.3) is 0 Å². The van der Waals surface area contributed by atoms with E-state index in [1.54, 1.807) is 0 Å². The Morgan fingerprint density at radius 3 is 3.00 bits per heavy atom. The molecule has 2 unspecified atom stereocenters. The number of aromatic nitrogens is 2. The molecule has 0 radical (unpaired) electrons. The number of aliphatic hydroxyl groups excluding tert-OH is 1. The fourth-order valence-electron chi connectivity index (χ4n) is 1.78. The van der Waals surface area contributed by atoms with Crippen molar-refractivity contribution in [3.05, 3.63) is 0 Å². The van der Waals surface area contributed by atoms with Gasteiger partial charge in [0.2, 0.25) is 11.1 Å². The maximum Gasteiger partial charge on any atom is 0.233 e. The van der Waals surface area contributed by atoms with Crippen molar-refractivity contribution in [3.8, 4) is 0 Å². The molecule has 0 bridgehead atoms. The summed E-state index contributed by atoms with van der Waals surface area (Å²) >= 11 is 1.26. The number of hydrogen-bond donors (Lipinski definition) is 3. The minimum Gasteiger partial charge on any atom is -0.393 e. The lowest BCUT2D eigenvalue weighted by Gasteiger charge is -2.13. The Morgan fingerprint density at radius 1 is 1.57 bits per heavy atom. The molecule has 1 aliphatic carbocycles. The molecule has 78 valence electrons. The van der Waals surface area contributed by atoms with Crippen LogP contribution >= 0.6 is 11.5 Å². The molecule has 2 rings (SSSR count). The molecule has 1 aromatic rings. The molecular formula is C8H14N4OS. The highest BCUT2D eigenvalue weighted by molar-refractivity contribution is 7.09. The van der Waals surface area contributed by atoms with Crippen molar-refractivity contribution < 1.29 is 5.11 Å². The van der Waals surface area contributed by atoms with Crippen molar-refractivity contribution in [2.45, 2.75) is 25.4 Å². The van der Waals surface area contributed by atoms with Crippen LogP contribution in [0, 0.1) is 5.92 Å². The fourth-order valence-corrected chi connectivity index (χ4v) is 2.28. The molecule has 1 aliphatic rings. The molecule has 2 atom stereocenters. The Morgan fingerprint density at radius 2 is 2.43 bits per heavy atom. The van der Waals surface area contributed by atoms with E-state index >= 15 is 0 Å². The van der Waals surface area contributed by atoms with Crippen LogP contribution in [0.1, 0.15) is 19.3 Å². The van der Waals surface area contributed by atoms with E-state index < -0.39 is 0 Å². The van der Waals surface area contributed by atoms with Crippen molar-refractivity contribution in [1.82, 2.24) is 9.36 Å². The molecule has 1 heterocycles. The third kappa shape index (κ3) is 2.13. The summed E-state index contributed by atoms with van der Waals surface area (Å²) in [5.74, 6) is 0.657. The third-order valence-corrected chi connectivity index (χ3v) is 3.26. The first-order valence-electron chi connectivity index (χ1n) is 4.77. The van der Waals surface area contributed by atoms with Crippen LogP contribution in [0.15, 0.2) is 0 Å². The lowest BCUT2D eigenvalue weighted by molar-refractivity contribution is 0.138. The van der Waals surface area contributed by atoms with Gasteiger partial charge < -0.3 is 16.2 Å². The summed E-state index contributed by atoms with van der Waals surface area (Å²) in [6.45, 7) is 0.760. The smallest absolute Gasteiger partial charge is 0.233 e. The molecule has 0 aromatic carbocycles. The zero-order valence-electron chi connectivity index (χ0n) is 7.81. The molecule has 1 aromatic heterocycles. The number of rotatable bonds is 3. The second-order valence-electron chi connectivity index (χ2n) is 3.60. The van der Waals surface area contributed by atoms with E-state index in [9.17, 15) is 5.11 Å². The zero-order chi connectivity index (χ0) is 9.97. The Balaban J connectivity index is 1.82. The highest BCUT2D eigenvalue weighted by Gasteiger charge is 2.24. The van der Waals surface area contributed by atoms with Gasteiger partial charge in [-0.25, -0.2) is 0 Å². The summed E-state index contributed by atoms with van der Waals surface area (Å²) in [7, 11) is 0. The maximum atomic E-state index is 9.57. The minimum absolute atomic E-state index is 0.159. The number of nitrogen functional groups attached to an aromatic ring is 1. The second-order valence-corrected chi connectivity index (χ2v) is 4.35. The summed E-state index contributed by atoms with van der Waals surface area (Å²) < 4.78 is 3.86. The average molecular weight is 214 g/mol. The van der Waals surface area contributed by atoms with E-state index in [1.165, 1.54) is 11.5 Å². The number of nitrogens with two attached hydrogens (primary N) is 1. The molecule has 5 nitrogen and oxygen atoms in total. The van der Waals surface area contributed by atoms with Gasteiger partial charge in [-0.05, 0) is 12.8 Å². The van der Waals surface area contributed by atoms with E-state index in [0.717, 1.165) is 30.9 Å². The van der Waals surface area contributed by atoms with Crippen LogP contribution in [0.2, 0.25) is 0 Å². The Bertz CT molecular complexity index is 303. The van der Waals surface area contributed by atoms with Crippen LogP contribution in [0.25, 0.3) is 0 Å². The van der Waals surface area contributed by atoms with Gasteiger partial charge in [-0.1, -0.05) is 6.42 Å². The van der Waals surface area contributed by atoms with Crippen LogP contribution in [-0.4, -0.2) is 27.1 Å². The number of anilines is 2. The molecule has 0 spiro atoms. The van der Waals surface area contributed by atoms with Crippen LogP contribution < -0.4 is 11.1 Å². The van der Waals surface area contributed by atoms with Gasteiger partial charge in [0.05, 0.1) is 6.10 Å². The highest BCUT2D eigenvalue weighted by Crippen LogP contribution is 2.26. The number of hydrogen-bond acceptors (Lipinski definition) is 6. The van der Waals surface area contributed by atoms with Gasteiger partial charge >= 0.3 is 0 Å². The largest absolute Gasteiger partial charge is 0.393 e. The summed E-state index contributed by atoms with van der Waals surface area (Å²) in [5, 5.41) is 13.5. The molecule has 14 heavy (non-hydrogen) atoms. The lowest BCUT2D eigenvalue weighted by atomic mass is 10.1. The predicted octanol–water partition coefficient (Wildman–Crippen LogP) is 0.693. The van der Waals surface area contributed by atoms with Crippen molar-refractivity contribution >= 4 is 22.6 Å². The molecule has 0 aliphatic heterocycles. The maximum absolute atomic E-state index is 9.57. The molecular weight excluding hydrogens is 200 g/mol. The van der Waals surface area contributed by atoms with E-state index in [1.807, 2.05) is 0 Å². The van der Waals surface area contributed by atoms with Gasteiger partial charge in [0, 0.05) is 24.0 Å². The first kappa shape index (κ1) is 9.67. The SMILES string of the molecule is Nc1nsc(NCC2CCCC2O)n1. The first-order chi connectivity index (χ1) is 6.75. The van der Waals surface area contributed by atoms with Crippen LogP contribution in [0.5, 0.6) is 0 Å². The van der Waals surface area contributed by atoms with Gasteiger partial charge in [-0.2, -0.15) is 9.36 Å². The molecule has 0 amide bonds. The first-order valence-corrected chi connectivity index (χ1v) is 5.54. The van der Waals surface area contributed by atoms with Crippen molar-refractivity contribution in [3.63, 3.8) is 0 Å². The quantitative estimate of drug-likeness (QED) is 0.689. The van der Waals surface area contributed by atoms with E-state index in [-0.39, 0.29) is 6.10 Å². The summed E-state index contributed by atoms with van der Waals surface area (Å²) in [6.07, 6.45) is 2.96. The topological polar surface area (TPSA) is 84.1 Å². The monoisotopic (exact) mass is 214 g/mol. The summed E-state index contributed by atoms with van der Waals surface area (Å²) in [5.41, 5.74) is 5.39. The van der Waals surface area contributed by atoms with Crippen LogP contribution in [0.4, 0.5) is 11.1 Å². The van der Waals surface area contributed by atoms with Gasteiger partial charge in [0.1, 0.15) is 0 Å². The molecule has 6 heteroatoms. The Kier molecular flexibility index (Phi) is 2.83. The number of aliphatic hydroxyl groups is 1. The predicted molar refractivity (Wildman–Crippen MR) is 56.2 cm³/mol. The van der Waals surface area contributed by atoms with Gasteiger partial charge in [-0.15, -0.1) is 0 Å². The van der Waals surface area contributed by atoms with E-state index in [2.05, 4.69) is 14.7 Å². The van der Waals surface area contributed by atoms with Crippen molar-refractivity contribution in [2.24, 2.45) is 5.92 Å². The molecule has 0 saturated heterocycles. The van der Waals surface area contributed by atoms with E-state index in [4.69, 9.17) is 5.73 Å². The Labute approximate surface area is 86.5 Å². The Hall–Kier alpha value is -0.880. The van der Waals surface area contributed by atoms with Crippen molar-refractivity contribution in [2.75, 3.05) is 17.6 Å². The fraction of sp³-hybridized carbons (Fsp3) is 0.750. The summed E-state index contributed by atoms with van der Waals surface area (Å²) in [4.78, 5) is 3.99. The van der Waals surface area contributed by atoms with Gasteiger partial charge in [-0.3, -0.25) is 0 Å². The van der Waals surface area contributed by atoms with Gasteiger partial charge in [0.15, 0.2) is 0 Å². The van der Waals surface area contributed by atoms with Crippen molar-refractivity contribution in [1.29, 1.82) is 0 Å². The standard InChI is InChI=1S/C8H14N4OS/c9-7-11-8(14-12-7)10-4-5-2-1-3-6(5)13/h5-6,13H,1-4H2,(H3,9,10,11,12). The average Bonchev–Trinajstić information content (AvgIpc) is 2.72. The highest BCUT2D eigenvalue weighted by atomic mass is 32.1. The number of nitrogens with zero attached hydrogens (tertiary/aromatic N) is 2. The zero-order valence-corrected chi connectivity index (χ0v) is 8.63. The third-order valence-electron chi connectivity index (χ3n) is 2.58. The van der Waals surface area contributed by atoms with E-state index in [0.29, 0.717) is 11.9 Å². The molecule has 1 fully saturated rings. The second kappa shape index (κ2) is 4.10. The molecule has 1 saturated carbocycles. The minimum atomic E-state index is -0.159. The molecule has 4 N–H and O–H groups in total. The summed E-state index contributed by atoms with van der Waals surface area (Å²) in [6, 6.07) is 0. The normalized spacial score (nSPS) is 26.6. The van der Waals surface area contributed by atoms with Crippen LogP contribution in [0.3, 0.4) is 0 Å².